The van der Waals surface area contributed by atoms with Gasteiger partial charge in [0.25, 0.3) is 0 Å². The molecule has 16 atom stereocenters. The van der Waals surface area contributed by atoms with Gasteiger partial charge >= 0.3 is 5.97 Å². The van der Waals surface area contributed by atoms with Gasteiger partial charge in [-0.25, -0.2) is 0 Å². The lowest BCUT2D eigenvalue weighted by Gasteiger charge is -2.46. The minimum atomic E-state index is -1.21. The molecule has 2 saturated heterocycles. The predicted molar refractivity (Wildman–Crippen MR) is 249 cm³/mol. The van der Waals surface area contributed by atoms with Gasteiger partial charge in [0.15, 0.2) is 18.4 Å². The van der Waals surface area contributed by atoms with Crippen LogP contribution in [0.2, 0.25) is 0 Å². The van der Waals surface area contributed by atoms with Crippen molar-refractivity contribution >= 4 is 22.7 Å². The Kier molecular flexibility index (Phi) is 18.8. The summed E-state index contributed by atoms with van der Waals surface area (Å²) >= 11 is 0. The van der Waals surface area contributed by atoms with Crippen LogP contribution in [-0.4, -0.2) is 160 Å². The number of likely N-dealkylation sites (N-methyl/N-ethyl adjacent to an activating group) is 1. The van der Waals surface area contributed by atoms with Crippen molar-refractivity contribution in [2.24, 2.45) is 23.7 Å². The van der Waals surface area contributed by atoms with Gasteiger partial charge in [0.05, 0.1) is 48.8 Å². The van der Waals surface area contributed by atoms with Crippen LogP contribution in [0.5, 0.6) is 0 Å². The van der Waals surface area contributed by atoms with Gasteiger partial charge in [-0.1, -0.05) is 61.9 Å². The maximum Gasteiger partial charge on any atom is 0.306 e. The van der Waals surface area contributed by atoms with Crippen molar-refractivity contribution in [1.29, 1.82) is 0 Å². The number of aryl methyl sites for hydroxylation is 1. The maximum absolute atomic E-state index is 14.1. The van der Waals surface area contributed by atoms with Crippen molar-refractivity contribution in [1.82, 2.24) is 24.9 Å². The van der Waals surface area contributed by atoms with Crippen LogP contribution in [0.25, 0.3) is 22.2 Å². The Bertz CT molecular complexity index is 2130. The number of benzene rings is 1. The van der Waals surface area contributed by atoms with E-state index >= 15 is 0 Å². The largest absolute Gasteiger partial charge is 0.462 e. The number of rotatable bonds is 13. The predicted octanol–water partition coefficient (Wildman–Crippen LogP) is 4.90. The number of cyclic esters (lactones) is 1. The fraction of sp³-hybridized carbons (Fsp3) is 0.660. The van der Waals surface area contributed by atoms with Gasteiger partial charge in [-0.2, -0.15) is 0 Å². The maximum atomic E-state index is 14.1. The molecule has 17 nitrogen and oxygen atoms in total. The van der Waals surface area contributed by atoms with Crippen molar-refractivity contribution in [3.05, 3.63) is 66.5 Å². The quantitative estimate of drug-likeness (QED) is 0.195. The molecule has 3 aliphatic rings. The molecule has 17 heteroatoms. The Morgan fingerprint density at radius 3 is 2.34 bits per heavy atom. The smallest absolute Gasteiger partial charge is 0.306 e. The third-order valence-electron chi connectivity index (χ3n) is 13.7. The third kappa shape index (κ3) is 13.0. The van der Waals surface area contributed by atoms with E-state index in [0.29, 0.717) is 37.9 Å². The molecule has 3 aromatic rings. The number of nitrogens with zero attached hydrogens (tertiary/aromatic N) is 5. The second kappa shape index (κ2) is 24.0. The van der Waals surface area contributed by atoms with Crippen LogP contribution >= 0.6 is 0 Å². The van der Waals surface area contributed by atoms with Gasteiger partial charge in [0, 0.05) is 56.2 Å². The second-order valence-corrected chi connectivity index (χ2v) is 18.9. The highest BCUT2D eigenvalue weighted by molar-refractivity contribution is 5.91. The molecule has 370 valence electrons. The highest BCUT2D eigenvalue weighted by Crippen LogP contribution is 2.35. The molecule has 3 aliphatic heterocycles. The van der Waals surface area contributed by atoms with Crippen LogP contribution < -0.4 is 0 Å². The van der Waals surface area contributed by atoms with E-state index in [1.807, 2.05) is 70.3 Å². The standard InChI is InChI=1S/C50H73N5O12/c1-11-40-36(27-63-50-48(62-10)47(61-9)44(59)32(6)65-50)22-28(2)16-18-39(56)30(4)23-34(20-21-55-26-38(52-53-55)35-24-33-14-12-13-15-37(33)51-25-35)46(29(3)17-19-41(57)66-40)67-49-45(60)42(54(7)8)43(58)31(5)64-49/h12-16,18,22,24-26,29-32,34,36,40,42-50,58-60H,11,17,19-21,23,27H2,1-10H3/b18-16+,28-22+/t29-,30+,31+,32?,34-,36+,40+,42?,43?,44?,45?,46+,47?,48?,49-,50?/m0/s1. The lowest BCUT2D eigenvalue weighted by molar-refractivity contribution is -0.304. The summed E-state index contributed by atoms with van der Waals surface area (Å²) in [6.45, 7) is 11.7. The number of para-hydroxylation sites is 1. The number of hydrogen-bond acceptors (Lipinski definition) is 16. The molecule has 67 heavy (non-hydrogen) atoms. The molecule has 1 aromatic carbocycles. The minimum absolute atomic E-state index is 0.0626. The zero-order chi connectivity index (χ0) is 48.5. The lowest BCUT2D eigenvalue weighted by Crippen LogP contribution is -2.63. The number of methoxy groups -OCH3 is 2. The van der Waals surface area contributed by atoms with Crippen LogP contribution in [0.3, 0.4) is 0 Å². The number of esters is 1. The molecule has 2 aromatic heterocycles. The molecule has 0 radical (unpaired) electrons. The van der Waals surface area contributed by atoms with E-state index in [2.05, 4.69) is 15.3 Å². The molecule has 0 saturated carbocycles. The summed E-state index contributed by atoms with van der Waals surface area (Å²) in [5.74, 6) is -1.95. The van der Waals surface area contributed by atoms with Crippen molar-refractivity contribution in [2.75, 3.05) is 34.9 Å². The van der Waals surface area contributed by atoms with E-state index < -0.39 is 91.4 Å². The topological polar surface area (TPSA) is 206 Å². The summed E-state index contributed by atoms with van der Waals surface area (Å²) < 4.78 is 44.7. The zero-order valence-electron chi connectivity index (χ0n) is 40.7. The monoisotopic (exact) mass is 936 g/mol. The Morgan fingerprint density at radius 1 is 0.910 bits per heavy atom. The van der Waals surface area contributed by atoms with Gasteiger partial charge in [0.1, 0.15) is 36.2 Å². The van der Waals surface area contributed by atoms with Gasteiger partial charge in [0.2, 0.25) is 0 Å². The molecule has 0 aliphatic carbocycles. The third-order valence-corrected chi connectivity index (χ3v) is 13.7. The van der Waals surface area contributed by atoms with Gasteiger partial charge in [-0.05, 0) is 90.6 Å². The Balaban J connectivity index is 1.28. The summed E-state index contributed by atoms with van der Waals surface area (Å²) in [5.41, 5.74) is 3.16. The van der Waals surface area contributed by atoms with E-state index in [9.17, 15) is 24.9 Å². The van der Waals surface area contributed by atoms with E-state index in [0.717, 1.165) is 22.0 Å². The number of allylic oxidation sites excluding steroid dienone is 3. The summed E-state index contributed by atoms with van der Waals surface area (Å²) in [7, 11) is 6.58. The molecule has 3 N–H and O–H groups in total. The van der Waals surface area contributed by atoms with Crippen molar-refractivity contribution in [2.45, 2.75) is 154 Å². The summed E-state index contributed by atoms with van der Waals surface area (Å²) in [4.78, 5) is 34.4. The number of fused-ring (bicyclic) bond motifs is 1. The number of ether oxygens (including phenoxy) is 7. The number of aliphatic hydroxyl groups is 3. The molecule has 0 bridgehead atoms. The van der Waals surface area contributed by atoms with Crippen LogP contribution in [-0.2, 0) is 49.3 Å². The lowest BCUT2D eigenvalue weighted by atomic mass is 9.80. The molecule has 6 rings (SSSR count). The van der Waals surface area contributed by atoms with E-state index in [1.165, 1.54) is 14.2 Å². The van der Waals surface area contributed by atoms with Crippen LogP contribution in [0.4, 0.5) is 0 Å². The summed E-state index contributed by atoms with van der Waals surface area (Å²) in [6, 6.07) is 9.24. The summed E-state index contributed by atoms with van der Waals surface area (Å²) in [5, 5.41) is 43.4. The second-order valence-electron chi connectivity index (χ2n) is 18.9. The fourth-order valence-corrected chi connectivity index (χ4v) is 9.73. The zero-order valence-corrected chi connectivity index (χ0v) is 40.7. The van der Waals surface area contributed by atoms with Crippen molar-refractivity contribution in [3.8, 4) is 11.3 Å². The highest BCUT2D eigenvalue weighted by atomic mass is 16.7. The number of aliphatic hydroxyl groups excluding tert-OH is 3. The van der Waals surface area contributed by atoms with Gasteiger partial charge in [-0.3, -0.25) is 19.3 Å². The normalized spacial score (nSPS) is 36.4. The van der Waals surface area contributed by atoms with Gasteiger partial charge < -0.3 is 53.4 Å². The Labute approximate surface area is 394 Å². The molecular weight excluding hydrogens is 863 g/mol. The Hall–Kier alpha value is -4.01. The number of hydrogen-bond donors (Lipinski definition) is 3. The van der Waals surface area contributed by atoms with Crippen LogP contribution in [0.15, 0.2) is 66.5 Å². The van der Waals surface area contributed by atoms with Crippen LogP contribution in [0, 0.1) is 23.7 Å². The first-order valence-corrected chi connectivity index (χ1v) is 23.7. The first-order chi connectivity index (χ1) is 32.0. The highest BCUT2D eigenvalue weighted by Gasteiger charge is 2.47. The average molecular weight is 936 g/mol. The Morgan fingerprint density at radius 2 is 1.63 bits per heavy atom. The van der Waals surface area contributed by atoms with E-state index in [-0.39, 0.29) is 30.6 Å². The average Bonchev–Trinajstić information content (AvgIpc) is 3.79. The number of carbonyl (C=O) groups excluding carboxylic acids is 2. The number of aromatic nitrogens is 4. The number of pyridine rings is 1. The van der Waals surface area contributed by atoms with Gasteiger partial charge in [-0.15, -0.1) is 5.10 Å². The molecular formula is C50H73N5O12. The van der Waals surface area contributed by atoms with Crippen LogP contribution in [0.1, 0.15) is 73.6 Å². The molecule has 0 amide bonds. The fourth-order valence-electron chi connectivity index (χ4n) is 9.73. The van der Waals surface area contributed by atoms with E-state index in [1.54, 1.807) is 55.9 Å². The van der Waals surface area contributed by atoms with Crippen molar-refractivity contribution < 1.29 is 58.1 Å². The molecule has 5 heterocycles. The first kappa shape index (κ1) is 52.4. The first-order valence-electron chi connectivity index (χ1n) is 23.7. The number of carbonyl (C=O) groups is 2. The summed E-state index contributed by atoms with van der Waals surface area (Å²) in [6.07, 6.45) is 1.80. The van der Waals surface area contributed by atoms with E-state index in [4.69, 9.17) is 33.2 Å². The minimum Gasteiger partial charge on any atom is -0.462 e. The molecule has 8 unspecified atom stereocenters. The molecule has 2 fully saturated rings. The SMILES string of the molecule is CC[C@H]1OC(=O)CC[C@H](C)[C@@H](O[C@@H]2O[C@H](C)C(O)C(N(C)C)C2O)[C@@H](CCn2cc(-c3cnc4ccccc4c3)nn2)C[C@@H](C)C(=O)/C=C/C(C)=C/[C@@H]1COC1OC(C)C(O)C(OC)C1OC. The molecule has 0 spiro atoms. The number of ketones is 1. The van der Waals surface area contributed by atoms with Crippen molar-refractivity contribution in [3.63, 3.8) is 0 Å².